The lowest BCUT2D eigenvalue weighted by Gasteiger charge is -2.47. The molecule has 0 aromatic carbocycles. The molecular weight excluding hydrogens is 524 g/mol. The maximum absolute atomic E-state index is 13.6. The molecule has 0 nitrogen and oxygen atoms in total. The second-order valence-electron chi connectivity index (χ2n) is 6.46. The number of alkyl halides is 20. The summed E-state index contributed by atoms with van der Waals surface area (Å²) in [6, 6.07) is 0. The molecule has 0 aliphatic rings. The van der Waals surface area contributed by atoms with Crippen molar-refractivity contribution in [2.45, 2.75) is 67.7 Å². The van der Waals surface area contributed by atoms with Crippen LogP contribution in [0, 0.1) is 5.41 Å². The first-order chi connectivity index (χ1) is 13.2. The van der Waals surface area contributed by atoms with Crippen LogP contribution in [0.15, 0.2) is 0 Å². The van der Waals surface area contributed by atoms with Crippen LogP contribution in [0.1, 0.15) is 13.8 Å². The van der Waals surface area contributed by atoms with E-state index >= 15 is 0 Å². The molecule has 0 bridgehead atoms. The van der Waals surface area contributed by atoms with Crippen molar-refractivity contribution in [2.75, 3.05) is 0 Å². The Kier molecular flexibility index (Phi) is 6.74. The molecule has 194 valence electrons. The van der Waals surface area contributed by atoms with Gasteiger partial charge in [0.25, 0.3) is 0 Å². The largest absolute Gasteiger partial charge is 0.409 e. The molecule has 0 aliphatic heterocycles. The quantitative estimate of drug-likeness (QED) is 0.298. The highest BCUT2D eigenvalue weighted by Crippen LogP contribution is 2.68. The molecule has 0 heterocycles. The Morgan fingerprint density at radius 1 is 0.281 bits per heavy atom. The van der Waals surface area contributed by atoms with E-state index < -0.39 is 73.1 Å². The second-order valence-corrected chi connectivity index (χ2v) is 6.46. The van der Waals surface area contributed by atoms with Gasteiger partial charge >= 0.3 is 53.8 Å². The zero-order valence-electron chi connectivity index (χ0n) is 14.6. The summed E-state index contributed by atoms with van der Waals surface area (Å²) >= 11 is 0. The summed E-state index contributed by atoms with van der Waals surface area (Å²) in [5, 5.41) is 0. The maximum atomic E-state index is 13.6. The van der Waals surface area contributed by atoms with E-state index in [2.05, 4.69) is 0 Å². The molecule has 0 N–H and O–H groups in total. The van der Waals surface area contributed by atoms with Crippen LogP contribution in [0.2, 0.25) is 0 Å². The molecule has 0 rings (SSSR count). The number of rotatable bonds is 7. The highest BCUT2D eigenvalue weighted by molar-refractivity contribution is 5.17. The summed E-state index contributed by atoms with van der Waals surface area (Å²) in [6.45, 7) is -3.30. The van der Waals surface area contributed by atoms with Gasteiger partial charge in [0, 0.05) is 6.92 Å². The van der Waals surface area contributed by atoms with Crippen LogP contribution < -0.4 is 0 Å². The second kappa shape index (κ2) is 7.05. The predicted octanol–water partition coefficient (Wildman–Crippen LogP) is 7.58. The molecule has 0 aromatic rings. The third kappa shape index (κ3) is 3.44. The maximum Gasteiger partial charge on any atom is 0.409 e. The van der Waals surface area contributed by atoms with Gasteiger partial charge in [-0.3, -0.25) is 0 Å². The Labute approximate surface area is 162 Å². The normalized spacial score (nSPS) is 17.1. The van der Waals surface area contributed by atoms with Crippen LogP contribution in [-0.4, -0.2) is 53.8 Å². The summed E-state index contributed by atoms with van der Waals surface area (Å²) in [5.41, 5.74) is -7.36. The topological polar surface area (TPSA) is 0 Å². The fraction of sp³-hybridized carbons (Fsp3) is 1.00. The van der Waals surface area contributed by atoms with E-state index in [1.807, 2.05) is 0 Å². The highest BCUT2D eigenvalue weighted by atomic mass is 19.4. The van der Waals surface area contributed by atoms with E-state index in [4.69, 9.17) is 0 Å². The van der Waals surface area contributed by atoms with E-state index in [-0.39, 0.29) is 0 Å². The van der Waals surface area contributed by atoms with Crippen molar-refractivity contribution >= 4 is 0 Å². The highest BCUT2D eigenvalue weighted by Gasteiger charge is 2.97. The first kappa shape index (κ1) is 30.6. The lowest BCUT2D eigenvalue weighted by Crippen LogP contribution is -2.76. The Morgan fingerprint density at radius 2 is 0.469 bits per heavy atom. The molecule has 0 saturated carbocycles. The van der Waals surface area contributed by atoms with E-state index in [0.717, 1.165) is 0 Å². The molecule has 0 saturated heterocycles. The van der Waals surface area contributed by atoms with E-state index in [1.54, 1.807) is 0 Å². The first-order valence-electron chi connectivity index (χ1n) is 7.03. The van der Waals surface area contributed by atoms with Crippen molar-refractivity contribution in [3.63, 3.8) is 0 Å². The summed E-state index contributed by atoms with van der Waals surface area (Å²) < 4.78 is 260. The molecular formula is C12H6F20. The fourth-order valence-corrected chi connectivity index (χ4v) is 1.90. The molecule has 0 spiro atoms. The minimum Gasteiger partial charge on any atom is -0.200 e. The molecule has 0 fully saturated rings. The number of hydrogen-bond donors (Lipinski definition) is 0. The van der Waals surface area contributed by atoms with Crippen LogP contribution in [-0.2, 0) is 0 Å². The summed E-state index contributed by atoms with van der Waals surface area (Å²) in [7, 11) is 0. The van der Waals surface area contributed by atoms with Gasteiger partial charge in [0.1, 0.15) is 0 Å². The number of hydrogen-bond acceptors (Lipinski definition) is 0. The third-order valence-corrected chi connectivity index (χ3v) is 4.28. The standard InChI is InChI=1S/C12H6F20/c1-3(11(27,28)29,12(30,31)32)5(15,16)7(19,20)9(23,24)10(25,26)8(21,22)6(17,18)4(2,13)14/h1-2H3. The van der Waals surface area contributed by atoms with Gasteiger partial charge in [0.2, 0.25) is 5.41 Å². The smallest absolute Gasteiger partial charge is 0.200 e. The molecule has 0 amide bonds. The van der Waals surface area contributed by atoms with E-state index in [0.29, 0.717) is 0 Å². The van der Waals surface area contributed by atoms with Crippen LogP contribution in [0.25, 0.3) is 0 Å². The molecule has 0 radical (unpaired) electrons. The van der Waals surface area contributed by atoms with Crippen molar-refractivity contribution in [1.82, 2.24) is 0 Å². The Hall–Kier alpha value is -1.40. The average Bonchev–Trinajstić information content (AvgIpc) is 2.49. The van der Waals surface area contributed by atoms with Gasteiger partial charge in [-0.05, 0) is 6.92 Å². The summed E-state index contributed by atoms with van der Waals surface area (Å²) in [5.74, 6) is -57.7. The minimum atomic E-state index is -8.90. The van der Waals surface area contributed by atoms with Crippen LogP contribution in [0.5, 0.6) is 0 Å². The van der Waals surface area contributed by atoms with Crippen LogP contribution >= 0.6 is 0 Å². The zero-order chi connectivity index (χ0) is 27.0. The number of halogens is 20. The third-order valence-electron chi connectivity index (χ3n) is 4.28. The summed E-state index contributed by atoms with van der Waals surface area (Å²) in [4.78, 5) is 0. The minimum absolute atomic E-state index is 1.35. The van der Waals surface area contributed by atoms with Crippen LogP contribution in [0.3, 0.4) is 0 Å². The van der Waals surface area contributed by atoms with Gasteiger partial charge in [-0.15, -0.1) is 0 Å². The molecule has 20 heteroatoms. The van der Waals surface area contributed by atoms with E-state index in [9.17, 15) is 87.8 Å². The Bertz CT molecular complexity index is 671. The van der Waals surface area contributed by atoms with Crippen molar-refractivity contribution in [2.24, 2.45) is 5.41 Å². The predicted molar refractivity (Wildman–Crippen MR) is 60.5 cm³/mol. The zero-order valence-corrected chi connectivity index (χ0v) is 14.6. The SMILES string of the molecule is CC(F)(F)C(F)(F)C(F)(F)C(F)(F)C(F)(F)C(F)(F)C(F)(F)C(C)(C(F)(F)F)C(F)(F)F. The Morgan fingerprint density at radius 3 is 0.656 bits per heavy atom. The lowest BCUT2D eigenvalue weighted by molar-refractivity contribution is -0.476. The summed E-state index contributed by atoms with van der Waals surface area (Å²) in [6.07, 6.45) is -15.4. The first-order valence-corrected chi connectivity index (χ1v) is 7.03. The van der Waals surface area contributed by atoms with Gasteiger partial charge < -0.3 is 0 Å². The Balaban J connectivity index is 7.19. The average molecular weight is 530 g/mol. The molecule has 32 heavy (non-hydrogen) atoms. The molecule has 0 aromatic heterocycles. The van der Waals surface area contributed by atoms with Crippen LogP contribution in [0.4, 0.5) is 87.8 Å². The van der Waals surface area contributed by atoms with Crippen molar-refractivity contribution < 1.29 is 87.8 Å². The van der Waals surface area contributed by atoms with E-state index in [1.165, 1.54) is 0 Å². The van der Waals surface area contributed by atoms with Crippen molar-refractivity contribution in [1.29, 1.82) is 0 Å². The van der Waals surface area contributed by atoms with Gasteiger partial charge in [-0.25, -0.2) is 0 Å². The van der Waals surface area contributed by atoms with Gasteiger partial charge in [0.15, 0.2) is 0 Å². The molecule has 0 aliphatic carbocycles. The van der Waals surface area contributed by atoms with Gasteiger partial charge in [-0.1, -0.05) is 0 Å². The molecule has 0 unspecified atom stereocenters. The van der Waals surface area contributed by atoms with Crippen molar-refractivity contribution in [3.8, 4) is 0 Å². The van der Waals surface area contributed by atoms with Gasteiger partial charge in [0.05, 0.1) is 0 Å². The molecule has 0 atom stereocenters. The fourth-order valence-electron chi connectivity index (χ4n) is 1.90. The van der Waals surface area contributed by atoms with Gasteiger partial charge in [-0.2, -0.15) is 87.8 Å². The monoisotopic (exact) mass is 530 g/mol. The van der Waals surface area contributed by atoms with Crippen molar-refractivity contribution in [3.05, 3.63) is 0 Å². The lowest BCUT2D eigenvalue weighted by atomic mass is 9.75.